The molecule has 1 aromatic carbocycles. The summed E-state index contributed by atoms with van der Waals surface area (Å²) < 4.78 is 2.16. The number of carbonyl (C=O) groups excluding carboxylic acids is 1. The van der Waals surface area contributed by atoms with Crippen molar-refractivity contribution >= 4 is 22.9 Å². The number of hydrogen-bond acceptors (Lipinski definition) is 4. The molecular weight excluding hydrogens is 338 g/mol. The third-order valence-corrected chi connectivity index (χ3v) is 6.33. The largest absolute Gasteiger partial charge is 0.354 e. The number of likely N-dealkylation sites (N-methyl/N-ethyl adjacent to an activating group) is 1. The Morgan fingerprint density at radius 2 is 1.96 bits per heavy atom. The predicted molar refractivity (Wildman–Crippen MR) is 109 cm³/mol. The van der Waals surface area contributed by atoms with E-state index >= 15 is 0 Å². The maximum Gasteiger partial charge on any atom is 0.223 e. The number of benzene rings is 1. The van der Waals surface area contributed by atoms with Crippen molar-refractivity contribution in [3.63, 3.8) is 0 Å². The molecule has 2 aliphatic heterocycles. The lowest BCUT2D eigenvalue weighted by Gasteiger charge is -2.32. The van der Waals surface area contributed by atoms with Crippen molar-refractivity contribution in [3.8, 4) is 0 Å². The predicted octanol–water partition coefficient (Wildman–Crippen LogP) is 2.39. The van der Waals surface area contributed by atoms with Gasteiger partial charge in [-0.05, 0) is 50.9 Å². The Labute approximate surface area is 161 Å². The maximum absolute atomic E-state index is 12.6. The zero-order valence-electron chi connectivity index (χ0n) is 16.5. The SMILES string of the molecule is CCN1CCC[C@H]1CNC(=O)C1CCN(c2nc3ccccc3n2C)CC1. The molecule has 27 heavy (non-hydrogen) atoms. The molecule has 0 radical (unpaired) electrons. The standard InChI is InChI=1S/C21H31N5O/c1-3-25-12-6-7-17(25)15-22-20(27)16-10-13-26(14-11-16)21-23-18-8-4-5-9-19(18)24(21)2/h4-5,8-9,16-17H,3,6-7,10-15H2,1-2H3,(H,22,27)/t17-/m0/s1. The quantitative estimate of drug-likeness (QED) is 0.879. The molecule has 2 fully saturated rings. The summed E-state index contributed by atoms with van der Waals surface area (Å²) in [4.78, 5) is 22.2. The molecule has 0 aliphatic carbocycles. The van der Waals surface area contributed by atoms with E-state index in [-0.39, 0.29) is 11.8 Å². The third kappa shape index (κ3) is 3.68. The van der Waals surface area contributed by atoms with Crippen molar-refractivity contribution in [2.75, 3.05) is 37.6 Å². The van der Waals surface area contributed by atoms with Crippen LogP contribution in [-0.4, -0.2) is 59.1 Å². The van der Waals surface area contributed by atoms with Crippen LogP contribution in [0.3, 0.4) is 0 Å². The Kier molecular flexibility index (Phi) is 5.34. The molecule has 2 saturated heterocycles. The highest BCUT2D eigenvalue weighted by Gasteiger charge is 2.29. The molecular formula is C21H31N5O. The van der Waals surface area contributed by atoms with Gasteiger partial charge in [0.15, 0.2) is 0 Å². The monoisotopic (exact) mass is 369 g/mol. The number of nitrogens with one attached hydrogen (secondary N) is 1. The molecule has 0 saturated carbocycles. The van der Waals surface area contributed by atoms with Gasteiger partial charge in [-0.15, -0.1) is 0 Å². The lowest BCUT2D eigenvalue weighted by atomic mass is 9.96. The van der Waals surface area contributed by atoms with E-state index < -0.39 is 0 Å². The molecule has 0 unspecified atom stereocenters. The van der Waals surface area contributed by atoms with Crippen molar-refractivity contribution in [2.24, 2.45) is 13.0 Å². The molecule has 1 amide bonds. The molecule has 6 heteroatoms. The van der Waals surface area contributed by atoms with Crippen LogP contribution in [0.5, 0.6) is 0 Å². The summed E-state index contributed by atoms with van der Waals surface area (Å²) in [7, 11) is 2.07. The van der Waals surface area contributed by atoms with E-state index in [1.54, 1.807) is 0 Å². The molecule has 4 rings (SSSR count). The topological polar surface area (TPSA) is 53.4 Å². The highest BCUT2D eigenvalue weighted by atomic mass is 16.1. The van der Waals surface area contributed by atoms with E-state index in [0.29, 0.717) is 6.04 Å². The van der Waals surface area contributed by atoms with Crippen molar-refractivity contribution < 1.29 is 4.79 Å². The maximum atomic E-state index is 12.6. The molecule has 6 nitrogen and oxygen atoms in total. The highest BCUT2D eigenvalue weighted by Crippen LogP contribution is 2.26. The van der Waals surface area contributed by atoms with Crippen molar-refractivity contribution in [2.45, 2.75) is 38.6 Å². The van der Waals surface area contributed by atoms with E-state index in [1.807, 2.05) is 12.1 Å². The number of fused-ring (bicyclic) bond motifs is 1. The number of anilines is 1. The molecule has 0 spiro atoms. The van der Waals surface area contributed by atoms with Gasteiger partial charge in [-0.2, -0.15) is 0 Å². The molecule has 2 aromatic rings. The van der Waals surface area contributed by atoms with Gasteiger partial charge in [0.1, 0.15) is 0 Å². The number of rotatable bonds is 5. The number of likely N-dealkylation sites (tertiary alicyclic amines) is 1. The van der Waals surface area contributed by atoms with Crippen LogP contribution in [0.4, 0.5) is 5.95 Å². The van der Waals surface area contributed by atoms with Gasteiger partial charge in [-0.3, -0.25) is 9.69 Å². The lowest BCUT2D eigenvalue weighted by molar-refractivity contribution is -0.125. The average Bonchev–Trinajstić information content (AvgIpc) is 3.30. The van der Waals surface area contributed by atoms with Crippen LogP contribution in [0.25, 0.3) is 11.0 Å². The minimum atomic E-state index is 0.132. The van der Waals surface area contributed by atoms with Crippen LogP contribution in [0.15, 0.2) is 24.3 Å². The third-order valence-electron chi connectivity index (χ3n) is 6.33. The van der Waals surface area contributed by atoms with Crippen LogP contribution >= 0.6 is 0 Å². The Balaban J connectivity index is 1.31. The summed E-state index contributed by atoms with van der Waals surface area (Å²) in [6.07, 6.45) is 4.26. The first-order valence-corrected chi connectivity index (χ1v) is 10.4. The summed E-state index contributed by atoms with van der Waals surface area (Å²) in [6.45, 7) is 7.04. The Morgan fingerprint density at radius 3 is 2.70 bits per heavy atom. The zero-order chi connectivity index (χ0) is 18.8. The molecule has 3 heterocycles. The number of imidazole rings is 1. The van der Waals surface area contributed by atoms with Crippen molar-refractivity contribution in [3.05, 3.63) is 24.3 Å². The Morgan fingerprint density at radius 1 is 1.19 bits per heavy atom. The summed E-state index contributed by atoms with van der Waals surface area (Å²) in [6, 6.07) is 8.77. The second-order valence-corrected chi connectivity index (χ2v) is 7.89. The Bertz CT molecular complexity index is 793. The van der Waals surface area contributed by atoms with Gasteiger partial charge in [0, 0.05) is 38.6 Å². The van der Waals surface area contributed by atoms with Gasteiger partial charge < -0.3 is 14.8 Å². The molecule has 1 aromatic heterocycles. The minimum absolute atomic E-state index is 0.132. The van der Waals surface area contributed by atoms with Crippen LogP contribution in [0.2, 0.25) is 0 Å². The van der Waals surface area contributed by atoms with Gasteiger partial charge >= 0.3 is 0 Å². The normalized spacial score (nSPS) is 21.9. The first-order valence-electron chi connectivity index (χ1n) is 10.4. The van der Waals surface area contributed by atoms with Crippen LogP contribution in [0, 0.1) is 5.92 Å². The van der Waals surface area contributed by atoms with E-state index in [0.717, 1.165) is 56.0 Å². The summed E-state index contributed by atoms with van der Waals surface area (Å²) in [5.74, 6) is 1.38. The zero-order valence-corrected chi connectivity index (χ0v) is 16.5. The molecule has 0 bridgehead atoms. The fourth-order valence-electron chi connectivity index (χ4n) is 4.66. The minimum Gasteiger partial charge on any atom is -0.354 e. The van der Waals surface area contributed by atoms with Crippen LogP contribution in [-0.2, 0) is 11.8 Å². The van der Waals surface area contributed by atoms with Crippen molar-refractivity contribution in [1.82, 2.24) is 19.8 Å². The Hall–Kier alpha value is -2.08. The number of aromatic nitrogens is 2. The number of hydrogen-bond donors (Lipinski definition) is 1. The molecule has 2 aliphatic rings. The smallest absolute Gasteiger partial charge is 0.223 e. The van der Waals surface area contributed by atoms with E-state index in [2.05, 4.69) is 45.8 Å². The van der Waals surface area contributed by atoms with Crippen LogP contribution < -0.4 is 10.2 Å². The average molecular weight is 370 g/mol. The number of nitrogens with zero attached hydrogens (tertiary/aromatic N) is 4. The summed E-state index contributed by atoms with van der Waals surface area (Å²) in [5, 5.41) is 3.23. The molecule has 1 N–H and O–H groups in total. The second-order valence-electron chi connectivity index (χ2n) is 7.89. The second kappa shape index (κ2) is 7.89. The van der Waals surface area contributed by atoms with Gasteiger partial charge in [0.25, 0.3) is 0 Å². The summed E-state index contributed by atoms with van der Waals surface area (Å²) in [5.41, 5.74) is 2.19. The van der Waals surface area contributed by atoms with E-state index in [1.165, 1.54) is 19.4 Å². The number of piperidine rings is 1. The van der Waals surface area contributed by atoms with Crippen molar-refractivity contribution in [1.29, 1.82) is 0 Å². The fourth-order valence-corrected chi connectivity index (χ4v) is 4.66. The lowest BCUT2D eigenvalue weighted by Crippen LogP contribution is -2.45. The molecule has 1 atom stereocenters. The van der Waals surface area contributed by atoms with Crippen LogP contribution in [0.1, 0.15) is 32.6 Å². The van der Waals surface area contributed by atoms with Gasteiger partial charge in [-0.25, -0.2) is 4.98 Å². The fraction of sp³-hybridized carbons (Fsp3) is 0.619. The first kappa shape index (κ1) is 18.3. The summed E-state index contributed by atoms with van der Waals surface area (Å²) >= 11 is 0. The number of para-hydroxylation sites is 2. The first-order chi connectivity index (χ1) is 13.2. The van der Waals surface area contributed by atoms with Gasteiger partial charge in [0.2, 0.25) is 11.9 Å². The van der Waals surface area contributed by atoms with Gasteiger partial charge in [0.05, 0.1) is 11.0 Å². The van der Waals surface area contributed by atoms with E-state index in [9.17, 15) is 4.79 Å². The molecule has 146 valence electrons. The highest BCUT2D eigenvalue weighted by molar-refractivity contribution is 5.80. The van der Waals surface area contributed by atoms with Gasteiger partial charge in [-0.1, -0.05) is 19.1 Å². The van der Waals surface area contributed by atoms with E-state index in [4.69, 9.17) is 4.98 Å². The number of amides is 1. The number of aryl methyl sites for hydroxylation is 1. The number of carbonyl (C=O) groups is 1.